The van der Waals surface area contributed by atoms with Gasteiger partial charge < -0.3 is 14.2 Å². The summed E-state index contributed by atoms with van der Waals surface area (Å²) >= 11 is 3.50. The van der Waals surface area contributed by atoms with Gasteiger partial charge >= 0.3 is 5.63 Å². The van der Waals surface area contributed by atoms with Gasteiger partial charge in [0.1, 0.15) is 16.7 Å². The van der Waals surface area contributed by atoms with Crippen LogP contribution in [0.4, 0.5) is 11.6 Å². The lowest BCUT2D eigenvalue weighted by Gasteiger charge is -2.10. The lowest BCUT2D eigenvalue weighted by atomic mass is 10.0. The summed E-state index contributed by atoms with van der Waals surface area (Å²) in [6.45, 7) is 5.83. The number of halogens is 1. The van der Waals surface area contributed by atoms with Crippen molar-refractivity contribution in [1.29, 1.82) is 0 Å². The van der Waals surface area contributed by atoms with Crippen molar-refractivity contribution >= 4 is 38.5 Å². The summed E-state index contributed by atoms with van der Waals surface area (Å²) < 4.78 is 12.3. The molecule has 2 aromatic carbocycles. The van der Waals surface area contributed by atoms with Crippen LogP contribution in [0.25, 0.3) is 22.1 Å². The lowest BCUT2D eigenvalue weighted by Crippen LogP contribution is -2.00. The fourth-order valence-corrected chi connectivity index (χ4v) is 3.65. The summed E-state index contributed by atoms with van der Waals surface area (Å²) in [5.41, 5.74) is 4.87. The molecule has 0 saturated heterocycles. The topological polar surface area (TPSA) is 55.4 Å². The molecule has 4 nitrogen and oxygen atoms in total. The average Bonchev–Trinajstić information content (AvgIpc) is 2.95. The van der Waals surface area contributed by atoms with E-state index in [4.69, 9.17) is 8.83 Å². The molecule has 0 spiro atoms. The number of fused-ring (bicyclic) bond motifs is 1. The molecule has 2 heterocycles. The summed E-state index contributed by atoms with van der Waals surface area (Å²) in [5, 5.41) is 3.80. The Morgan fingerprint density at radius 1 is 0.963 bits per heavy atom. The molecule has 2 aromatic heterocycles. The highest BCUT2D eigenvalue weighted by Gasteiger charge is 2.21. The zero-order chi connectivity index (χ0) is 19.1. The minimum atomic E-state index is -0.405. The zero-order valence-corrected chi connectivity index (χ0v) is 16.8. The molecule has 0 aliphatic heterocycles. The van der Waals surface area contributed by atoms with Crippen molar-refractivity contribution in [2.75, 3.05) is 5.32 Å². The van der Waals surface area contributed by atoms with Crippen molar-refractivity contribution in [3.63, 3.8) is 0 Å². The third-order valence-electron chi connectivity index (χ3n) is 4.47. The second-order valence-electron chi connectivity index (χ2n) is 6.64. The molecule has 136 valence electrons. The highest BCUT2D eigenvalue weighted by atomic mass is 79.9. The second-order valence-corrected chi connectivity index (χ2v) is 7.56. The second kappa shape index (κ2) is 6.74. The van der Waals surface area contributed by atoms with Crippen molar-refractivity contribution in [2.24, 2.45) is 0 Å². The van der Waals surface area contributed by atoms with Crippen LogP contribution < -0.4 is 10.9 Å². The molecule has 0 unspecified atom stereocenters. The molecular formula is C22H18BrNO3. The normalized spacial score (nSPS) is 11.1. The molecule has 0 atom stereocenters. The minimum Gasteiger partial charge on any atom is -0.439 e. The summed E-state index contributed by atoms with van der Waals surface area (Å²) in [6, 6.07) is 15.7. The molecule has 0 saturated carbocycles. The van der Waals surface area contributed by atoms with E-state index in [0.29, 0.717) is 28.2 Å². The quantitative estimate of drug-likeness (QED) is 0.409. The maximum atomic E-state index is 12.6. The Bertz CT molecular complexity index is 1220. The van der Waals surface area contributed by atoms with Crippen molar-refractivity contribution < 1.29 is 8.83 Å². The van der Waals surface area contributed by atoms with Crippen LogP contribution in [0.1, 0.15) is 16.9 Å². The lowest BCUT2D eigenvalue weighted by molar-refractivity contribution is 0.485. The summed E-state index contributed by atoms with van der Waals surface area (Å²) in [6.07, 6.45) is 0. The Kier molecular flexibility index (Phi) is 4.40. The van der Waals surface area contributed by atoms with Gasteiger partial charge in [-0.2, -0.15) is 0 Å². The van der Waals surface area contributed by atoms with E-state index >= 15 is 0 Å². The first-order valence-electron chi connectivity index (χ1n) is 8.60. The molecular weight excluding hydrogens is 406 g/mol. The van der Waals surface area contributed by atoms with E-state index in [2.05, 4.69) is 34.2 Å². The van der Waals surface area contributed by atoms with Gasteiger partial charge in [-0.15, -0.1) is 0 Å². The minimum absolute atomic E-state index is 0.405. The summed E-state index contributed by atoms with van der Waals surface area (Å²) in [5.74, 6) is 1.04. The van der Waals surface area contributed by atoms with Gasteiger partial charge in [-0.1, -0.05) is 45.8 Å². The Labute approximate surface area is 165 Å². The van der Waals surface area contributed by atoms with E-state index in [-0.39, 0.29) is 0 Å². The van der Waals surface area contributed by atoms with E-state index in [1.165, 1.54) is 5.56 Å². The maximum Gasteiger partial charge on any atom is 0.347 e. The van der Waals surface area contributed by atoms with Crippen molar-refractivity contribution in [3.05, 3.63) is 80.3 Å². The van der Waals surface area contributed by atoms with Crippen molar-refractivity contribution in [3.8, 4) is 11.1 Å². The van der Waals surface area contributed by atoms with Crippen molar-refractivity contribution in [2.45, 2.75) is 20.8 Å². The molecule has 5 heteroatoms. The molecule has 0 fully saturated rings. The van der Waals surface area contributed by atoms with Crippen LogP contribution in [0.3, 0.4) is 0 Å². The Balaban J connectivity index is 1.98. The largest absolute Gasteiger partial charge is 0.439 e. The predicted molar refractivity (Wildman–Crippen MR) is 112 cm³/mol. The van der Waals surface area contributed by atoms with Gasteiger partial charge in [0.15, 0.2) is 0 Å². The van der Waals surface area contributed by atoms with Gasteiger partial charge in [0.25, 0.3) is 0 Å². The van der Waals surface area contributed by atoms with Crippen LogP contribution in [-0.2, 0) is 0 Å². The molecule has 27 heavy (non-hydrogen) atoms. The fourth-order valence-electron chi connectivity index (χ4n) is 3.25. The molecule has 0 bridgehead atoms. The smallest absolute Gasteiger partial charge is 0.347 e. The van der Waals surface area contributed by atoms with E-state index < -0.39 is 5.63 Å². The third-order valence-corrected chi connectivity index (χ3v) is 4.96. The highest BCUT2D eigenvalue weighted by molar-refractivity contribution is 9.10. The van der Waals surface area contributed by atoms with Crippen LogP contribution in [0.2, 0.25) is 0 Å². The first kappa shape index (κ1) is 17.6. The molecule has 0 amide bonds. The van der Waals surface area contributed by atoms with E-state index in [1.54, 1.807) is 13.0 Å². The van der Waals surface area contributed by atoms with Crippen LogP contribution in [0, 0.1) is 20.8 Å². The maximum absolute atomic E-state index is 12.6. The van der Waals surface area contributed by atoms with Crippen LogP contribution in [-0.4, -0.2) is 0 Å². The summed E-state index contributed by atoms with van der Waals surface area (Å²) in [7, 11) is 0. The van der Waals surface area contributed by atoms with Gasteiger partial charge in [-0.05, 0) is 50.1 Å². The monoisotopic (exact) mass is 423 g/mol. The molecule has 0 radical (unpaired) electrons. The van der Waals surface area contributed by atoms with E-state index in [0.717, 1.165) is 21.3 Å². The van der Waals surface area contributed by atoms with E-state index in [9.17, 15) is 4.79 Å². The standard InChI is InChI=1S/C22H18BrNO3/c1-12-7-8-17(13(2)9-12)24-21-19(15-5-4-6-16(23)11-15)20-18(27-21)10-14(3)26-22(20)25/h4-11,24H,1-3H3. The number of hydrogen-bond acceptors (Lipinski definition) is 4. The molecule has 1 N–H and O–H groups in total. The first-order chi connectivity index (χ1) is 12.9. The van der Waals surface area contributed by atoms with Crippen LogP contribution in [0.5, 0.6) is 0 Å². The van der Waals surface area contributed by atoms with Gasteiger partial charge in [-0.3, -0.25) is 0 Å². The SMILES string of the molecule is Cc1ccc(Nc2oc3cc(C)oc(=O)c3c2-c2cccc(Br)c2)c(C)c1. The fraction of sp³-hybridized carbons (Fsp3) is 0.136. The number of nitrogens with one attached hydrogen (secondary N) is 1. The predicted octanol–water partition coefficient (Wildman–Crippen LogP) is 6.48. The summed E-state index contributed by atoms with van der Waals surface area (Å²) in [4.78, 5) is 12.6. The number of benzene rings is 2. The molecule has 0 aliphatic carbocycles. The van der Waals surface area contributed by atoms with Crippen LogP contribution >= 0.6 is 15.9 Å². The average molecular weight is 424 g/mol. The first-order valence-corrected chi connectivity index (χ1v) is 9.39. The van der Waals surface area contributed by atoms with Gasteiger partial charge in [0, 0.05) is 16.2 Å². The van der Waals surface area contributed by atoms with Gasteiger partial charge in [-0.25, -0.2) is 4.79 Å². The van der Waals surface area contributed by atoms with Crippen molar-refractivity contribution in [1.82, 2.24) is 0 Å². The molecule has 4 rings (SSSR count). The van der Waals surface area contributed by atoms with Crippen LogP contribution in [0.15, 0.2) is 66.6 Å². The Hall–Kier alpha value is -2.79. The zero-order valence-electron chi connectivity index (χ0n) is 15.2. The highest BCUT2D eigenvalue weighted by Crippen LogP contribution is 2.39. The Morgan fingerprint density at radius 3 is 2.52 bits per heavy atom. The number of rotatable bonds is 3. The number of furan rings is 1. The number of anilines is 2. The molecule has 0 aliphatic rings. The van der Waals surface area contributed by atoms with Gasteiger partial charge in [0.2, 0.25) is 5.88 Å². The van der Waals surface area contributed by atoms with Gasteiger partial charge in [0.05, 0.1) is 5.56 Å². The van der Waals surface area contributed by atoms with E-state index in [1.807, 2.05) is 43.3 Å². The third kappa shape index (κ3) is 3.30. The Morgan fingerprint density at radius 2 is 1.78 bits per heavy atom. The number of hydrogen-bond donors (Lipinski definition) is 1. The number of aryl methyl sites for hydroxylation is 3. The molecule has 4 aromatic rings.